The average molecular weight is 294 g/mol. The average Bonchev–Trinajstić information content (AvgIpc) is 2.56. The van der Waals surface area contributed by atoms with Crippen LogP contribution in [-0.4, -0.2) is 35.9 Å². The Bertz CT molecular complexity index is 782. The van der Waals surface area contributed by atoms with Gasteiger partial charge in [-0.15, -0.1) is 0 Å². The topological polar surface area (TPSA) is 42.4 Å². The first-order chi connectivity index (χ1) is 10.7. The summed E-state index contributed by atoms with van der Waals surface area (Å²) in [4.78, 5) is 18.5. The fraction of sp³-hybridized carbons (Fsp3) is 0.333. The Morgan fingerprint density at radius 2 is 2.27 bits per heavy atom. The number of carbonyl (C=O) groups excluding carboxylic acids is 1. The van der Waals surface area contributed by atoms with E-state index in [0.29, 0.717) is 12.3 Å². The molecule has 0 N–H and O–H groups in total. The number of rotatable bonds is 2. The van der Waals surface area contributed by atoms with Gasteiger partial charge < -0.3 is 9.64 Å². The standard InChI is InChI=1S/C18H18N2O2/c1-22-15-2-3-17-16(10-15)12(4-6-19-17)8-14-9-13-5-7-20(14)11-18(13)21/h2-4,6,8,10,13H,5,7,9,11H2,1H3/b14-8-/t13-/m0/s1. The molecule has 0 aliphatic carbocycles. The molecule has 22 heavy (non-hydrogen) atoms. The van der Waals surface area contributed by atoms with Crippen LogP contribution in [0.5, 0.6) is 5.75 Å². The molecule has 0 radical (unpaired) electrons. The Balaban J connectivity index is 1.78. The number of ketones is 1. The number of allylic oxidation sites excluding steroid dienone is 1. The van der Waals surface area contributed by atoms with Crippen LogP contribution in [0, 0.1) is 5.92 Å². The molecule has 0 unspecified atom stereocenters. The van der Waals surface area contributed by atoms with Gasteiger partial charge in [-0.3, -0.25) is 9.78 Å². The Morgan fingerprint density at radius 1 is 1.36 bits per heavy atom. The van der Waals surface area contributed by atoms with Gasteiger partial charge in [-0.25, -0.2) is 0 Å². The fourth-order valence-electron chi connectivity index (χ4n) is 3.44. The maximum Gasteiger partial charge on any atom is 0.155 e. The van der Waals surface area contributed by atoms with Gasteiger partial charge in [0.25, 0.3) is 0 Å². The molecule has 0 amide bonds. The molecule has 4 heterocycles. The van der Waals surface area contributed by atoms with Crippen molar-refractivity contribution in [2.24, 2.45) is 5.92 Å². The molecule has 1 aromatic heterocycles. The summed E-state index contributed by atoms with van der Waals surface area (Å²) in [5, 5.41) is 1.09. The molecule has 3 saturated heterocycles. The van der Waals surface area contributed by atoms with Crippen LogP contribution >= 0.6 is 0 Å². The van der Waals surface area contributed by atoms with Crippen molar-refractivity contribution in [2.75, 3.05) is 20.2 Å². The molecular formula is C18H18N2O2. The number of hydrogen-bond donors (Lipinski definition) is 0. The van der Waals surface area contributed by atoms with Crippen LogP contribution in [-0.2, 0) is 4.79 Å². The van der Waals surface area contributed by atoms with Crippen LogP contribution < -0.4 is 4.74 Å². The van der Waals surface area contributed by atoms with Gasteiger partial charge in [0.2, 0.25) is 0 Å². The quantitative estimate of drug-likeness (QED) is 0.854. The van der Waals surface area contributed by atoms with E-state index in [4.69, 9.17) is 4.74 Å². The molecule has 3 fully saturated rings. The number of Topliss-reactive ketones (excluding diaryl/α,β-unsaturated/α-hetero) is 1. The van der Waals surface area contributed by atoms with Crippen LogP contribution in [0.25, 0.3) is 17.0 Å². The van der Waals surface area contributed by atoms with Crippen molar-refractivity contribution in [1.29, 1.82) is 0 Å². The second-order valence-corrected chi connectivity index (χ2v) is 6.00. The van der Waals surface area contributed by atoms with E-state index in [1.807, 2.05) is 30.5 Å². The maximum atomic E-state index is 11.9. The molecule has 3 aliphatic rings. The fourth-order valence-corrected chi connectivity index (χ4v) is 3.44. The van der Waals surface area contributed by atoms with E-state index in [1.54, 1.807) is 7.11 Å². The Morgan fingerprint density at radius 3 is 3.00 bits per heavy atom. The first-order valence-electron chi connectivity index (χ1n) is 7.65. The van der Waals surface area contributed by atoms with E-state index in [9.17, 15) is 4.79 Å². The lowest BCUT2D eigenvalue weighted by Gasteiger charge is -2.41. The maximum absolute atomic E-state index is 11.9. The molecule has 4 heteroatoms. The second-order valence-electron chi connectivity index (χ2n) is 6.00. The summed E-state index contributed by atoms with van der Waals surface area (Å²) in [6.07, 6.45) is 5.92. The van der Waals surface area contributed by atoms with Gasteiger partial charge in [-0.2, -0.15) is 0 Å². The number of benzene rings is 1. The van der Waals surface area contributed by atoms with Gasteiger partial charge in [0.1, 0.15) is 5.75 Å². The molecule has 1 atom stereocenters. The number of fused-ring (bicyclic) bond motifs is 4. The SMILES string of the molecule is COc1ccc2nccc(/C=C3/C[C@@H]4CCN3CC4=O)c2c1. The zero-order chi connectivity index (χ0) is 15.1. The van der Waals surface area contributed by atoms with Gasteiger partial charge >= 0.3 is 0 Å². The highest BCUT2D eigenvalue weighted by atomic mass is 16.5. The van der Waals surface area contributed by atoms with Gasteiger partial charge in [-0.1, -0.05) is 0 Å². The minimum Gasteiger partial charge on any atom is -0.497 e. The molecule has 112 valence electrons. The lowest BCUT2D eigenvalue weighted by molar-refractivity contribution is -0.128. The number of hydrogen-bond acceptors (Lipinski definition) is 4. The summed E-state index contributed by atoms with van der Waals surface area (Å²) in [6.45, 7) is 1.57. The number of aromatic nitrogens is 1. The van der Waals surface area contributed by atoms with Crippen LogP contribution in [0.2, 0.25) is 0 Å². The van der Waals surface area contributed by atoms with Crippen molar-refractivity contribution in [3.63, 3.8) is 0 Å². The van der Waals surface area contributed by atoms with E-state index in [1.165, 1.54) is 5.70 Å². The van der Waals surface area contributed by atoms with Crippen LogP contribution in [0.4, 0.5) is 0 Å². The third-order valence-corrected chi connectivity index (χ3v) is 4.72. The van der Waals surface area contributed by atoms with Gasteiger partial charge in [0.05, 0.1) is 19.2 Å². The molecule has 3 aliphatic heterocycles. The zero-order valence-corrected chi connectivity index (χ0v) is 12.6. The Kier molecular flexibility index (Phi) is 3.10. The minimum atomic E-state index is 0.221. The summed E-state index contributed by atoms with van der Waals surface area (Å²) in [5.41, 5.74) is 3.37. The predicted molar refractivity (Wildman–Crippen MR) is 85.6 cm³/mol. The summed E-state index contributed by atoms with van der Waals surface area (Å²) in [7, 11) is 1.67. The lowest BCUT2D eigenvalue weighted by Crippen LogP contribution is -2.46. The molecule has 0 spiro atoms. The smallest absolute Gasteiger partial charge is 0.155 e. The highest BCUT2D eigenvalue weighted by Gasteiger charge is 2.35. The minimum absolute atomic E-state index is 0.221. The summed E-state index contributed by atoms with van der Waals surface area (Å²) in [5.74, 6) is 1.45. The van der Waals surface area contributed by atoms with Crippen molar-refractivity contribution in [2.45, 2.75) is 12.8 Å². The van der Waals surface area contributed by atoms with Crippen molar-refractivity contribution < 1.29 is 9.53 Å². The number of pyridine rings is 1. The normalized spacial score (nSPS) is 22.6. The van der Waals surface area contributed by atoms with Gasteiger partial charge in [0, 0.05) is 29.7 Å². The van der Waals surface area contributed by atoms with Crippen LogP contribution in [0.15, 0.2) is 36.2 Å². The lowest BCUT2D eigenvalue weighted by atomic mass is 9.84. The number of nitrogens with zero attached hydrogens (tertiary/aromatic N) is 2. The van der Waals surface area contributed by atoms with Crippen LogP contribution in [0.3, 0.4) is 0 Å². The van der Waals surface area contributed by atoms with E-state index >= 15 is 0 Å². The zero-order valence-electron chi connectivity index (χ0n) is 12.6. The Labute approximate surface area is 129 Å². The molecule has 5 rings (SSSR count). The summed E-state index contributed by atoms with van der Waals surface area (Å²) < 4.78 is 5.33. The molecule has 0 saturated carbocycles. The highest BCUT2D eigenvalue weighted by Crippen LogP contribution is 2.34. The molecule has 1 aromatic carbocycles. The second kappa shape index (κ2) is 5.13. The number of ether oxygens (including phenoxy) is 1. The van der Waals surface area contributed by atoms with Crippen molar-refractivity contribution in [3.05, 3.63) is 41.7 Å². The first-order valence-corrected chi connectivity index (χ1v) is 7.65. The first kappa shape index (κ1) is 13.3. The van der Waals surface area contributed by atoms with Crippen molar-refractivity contribution in [1.82, 2.24) is 9.88 Å². The number of piperidine rings is 3. The number of carbonyl (C=O) groups is 1. The van der Waals surface area contributed by atoms with Crippen molar-refractivity contribution in [3.8, 4) is 5.75 Å². The summed E-state index contributed by atoms with van der Waals surface area (Å²) in [6, 6.07) is 7.96. The van der Waals surface area contributed by atoms with E-state index in [2.05, 4.69) is 16.0 Å². The molecule has 4 nitrogen and oxygen atoms in total. The number of methoxy groups -OCH3 is 1. The summed E-state index contributed by atoms with van der Waals surface area (Å²) >= 11 is 0. The van der Waals surface area contributed by atoms with Crippen molar-refractivity contribution >= 4 is 22.8 Å². The van der Waals surface area contributed by atoms with Gasteiger partial charge in [-0.05, 0) is 48.7 Å². The predicted octanol–water partition coefficient (Wildman–Crippen LogP) is 2.88. The molecular weight excluding hydrogens is 276 g/mol. The van der Waals surface area contributed by atoms with E-state index < -0.39 is 0 Å². The third-order valence-electron chi connectivity index (χ3n) is 4.72. The monoisotopic (exact) mass is 294 g/mol. The third kappa shape index (κ3) is 2.15. The van der Waals surface area contributed by atoms with E-state index in [-0.39, 0.29) is 5.92 Å². The molecule has 2 aromatic rings. The highest BCUT2D eigenvalue weighted by molar-refractivity contribution is 5.90. The molecule has 2 bridgehead atoms. The van der Waals surface area contributed by atoms with Gasteiger partial charge in [0.15, 0.2) is 5.78 Å². The van der Waals surface area contributed by atoms with E-state index in [0.717, 1.165) is 41.6 Å². The Hall–Kier alpha value is -2.36. The largest absolute Gasteiger partial charge is 0.497 e. The van der Waals surface area contributed by atoms with Crippen LogP contribution in [0.1, 0.15) is 18.4 Å².